The van der Waals surface area contributed by atoms with Crippen molar-refractivity contribution in [3.05, 3.63) is 54.4 Å². The fourth-order valence-corrected chi connectivity index (χ4v) is 1.68. The van der Waals surface area contributed by atoms with Crippen LogP contribution in [0.1, 0.15) is 18.5 Å². The standard InChI is InChI=1S/C14H16N2/c1-11(15-2)12-3-5-13(6-4-12)14-7-9-16-10-8-14/h3-11,15H,1-2H3. The second kappa shape index (κ2) is 4.90. The van der Waals surface area contributed by atoms with Gasteiger partial charge in [0.25, 0.3) is 0 Å². The van der Waals surface area contributed by atoms with Crippen molar-refractivity contribution in [1.29, 1.82) is 0 Å². The van der Waals surface area contributed by atoms with Gasteiger partial charge in [0, 0.05) is 18.4 Å². The Hall–Kier alpha value is -1.67. The molecular formula is C14H16N2. The van der Waals surface area contributed by atoms with Gasteiger partial charge in [-0.15, -0.1) is 0 Å². The molecule has 1 unspecified atom stereocenters. The minimum Gasteiger partial charge on any atom is -0.313 e. The summed E-state index contributed by atoms with van der Waals surface area (Å²) in [6.07, 6.45) is 3.64. The summed E-state index contributed by atoms with van der Waals surface area (Å²) in [7, 11) is 1.97. The zero-order valence-corrected chi connectivity index (χ0v) is 9.64. The Morgan fingerprint density at radius 2 is 1.50 bits per heavy atom. The molecule has 0 saturated heterocycles. The maximum Gasteiger partial charge on any atom is 0.0289 e. The molecule has 0 aliphatic rings. The normalized spacial score (nSPS) is 12.4. The third-order valence-corrected chi connectivity index (χ3v) is 2.86. The third-order valence-electron chi connectivity index (χ3n) is 2.86. The highest BCUT2D eigenvalue weighted by atomic mass is 14.8. The van der Waals surface area contributed by atoms with E-state index in [1.54, 1.807) is 0 Å². The van der Waals surface area contributed by atoms with Gasteiger partial charge in [-0.2, -0.15) is 0 Å². The van der Waals surface area contributed by atoms with Gasteiger partial charge in [-0.25, -0.2) is 0 Å². The van der Waals surface area contributed by atoms with Gasteiger partial charge in [-0.05, 0) is 42.8 Å². The van der Waals surface area contributed by atoms with E-state index in [4.69, 9.17) is 0 Å². The van der Waals surface area contributed by atoms with E-state index in [-0.39, 0.29) is 0 Å². The van der Waals surface area contributed by atoms with Gasteiger partial charge < -0.3 is 5.32 Å². The zero-order chi connectivity index (χ0) is 11.4. The lowest BCUT2D eigenvalue weighted by molar-refractivity contribution is 0.652. The van der Waals surface area contributed by atoms with Crippen LogP contribution in [-0.4, -0.2) is 12.0 Å². The number of hydrogen-bond donors (Lipinski definition) is 1. The van der Waals surface area contributed by atoms with Crippen LogP contribution in [0.4, 0.5) is 0 Å². The average molecular weight is 212 g/mol. The number of aromatic nitrogens is 1. The summed E-state index contributed by atoms with van der Waals surface area (Å²) < 4.78 is 0. The average Bonchev–Trinajstić information content (AvgIpc) is 2.39. The van der Waals surface area contributed by atoms with Crippen molar-refractivity contribution < 1.29 is 0 Å². The lowest BCUT2D eigenvalue weighted by atomic mass is 10.0. The minimum atomic E-state index is 0.395. The van der Waals surface area contributed by atoms with Crippen LogP contribution >= 0.6 is 0 Å². The number of hydrogen-bond acceptors (Lipinski definition) is 2. The third kappa shape index (κ3) is 2.28. The van der Waals surface area contributed by atoms with E-state index in [0.29, 0.717) is 6.04 Å². The van der Waals surface area contributed by atoms with Crippen LogP contribution in [0.15, 0.2) is 48.8 Å². The Morgan fingerprint density at radius 3 is 2.06 bits per heavy atom. The van der Waals surface area contributed by atoms with Gasteiger partial charge >= 0.3 is 0 Å². The molecule has 1 heterocycles. The molecule has 0 radical (unpaired) electrons. The molecule has 1 aromatic carbocycles. The van der Waals surface area contributed by atoms with Gasteiger partial charge in [0.05, 0.1) is 0 Å². The van der Waals surface area contributed by atoms with Crippen LogP contribution in [0.25, 0.3) is 11.1 Å². The van der Waals surface area contributed by atoms with Gasteiger partial charge in [-0.1, -0.05) is 24.3 Å². The number of nitrogens with zero attached hydrogens (tertiary/aromatic N) is 1. The summed E-state index contributed by atoms with van der Waals surface area (Å²) in [5, 5.41) is 3.23. The van der Waals surface area contributed by atoms with E-state index < -0.39 is 0 Å². The predicted octanol–water partition coefficient (Wildman–Crippen LogP) is 3.03. The Kier molecular flexibility index (Phi) is 3.32. The molecule has 1 aromatic heterocycles. The van der Waals surface area contributed by atoms with Crippen LogP contribution in [0.3, 0.4) is 0 Å². The molecule has 2 nitrogen and oxygen atoms in total. The molecule has 1 N–H and O–H groups in total. The second-order valence-electron chi connectivity index (χ2n) is 3.87. The molecule has 0 saturated carbocycles. The summed E-state index contributed by atoms with van der Waals surface area (Å²) >= 11 is 0. The number of pyridine rings is 1. The number of rotatable bonds is 3. The van der Waals surface area contributed by atoms with Crippen LogP contribution in [0.5, 0.6) is 0 Å². The first kappa shape index (κ1) is 10.8. The monoisotopic (exact) mass is 212 g/mol. The highest BCUT2D eigenvalue weighted by Gasteiger charge is 2.02. The first-order valence-electron chi connectivity index (χ1n) is 5.49. The molecule has 2 heteroatoms. The van der Waals surface area contributed by atoms with Crippen molar-refractivity contribution in [1.82, 2.24) is 10.3 Å². The summed E-state index contributed by atoms with van der Waals surface area (Å²) in [5.74, 6) is 0. The molecule has 0 fully saturated rings. The number of benzene rings is 1. The topological polar surface area (TPSA) is 24.9 Å². The summed E-state index contributed by atoms with van der Waals surface area (Å²) in [6.45, 7) is 2.15. The van der Waals surface area contributed by atoms with Crippen LogP contribution in [0.2, 0.25) is 0 Å². The van der Waals surface area contributed by atoms with Crippen LogP contribution in [0, 0.1) is 0 Å². The van der Waals surface area contributed by atoms with Gasteiger partial charge in [0.2, 0.25) is 0 Å². The van der Waals surface area contributed by atoms with Crippen LogP contribution in [-0.2, 0) is 0 Å². The summed E-state index contributed by atoms with van der Waals surface area (Å²) in [6, 6.07) is 13.1. The first-order chi connectivity index (χ1) is 7.81. The SMILES string of the molecule is CNC(C)c1ccc(-c2ccncc2)cc1. The molecule has 0 aliphatic carbocycles. The van der Waals surface area contributed by atoms with Crippen molar-refractivity contribution in [2.45, 2.75) is 13.0 Å². The second-order valence-corrected chi connectivity index (χ2v) is 3.87. The van der Waals surface area contributed by atoms with E-state index >= 15 is 0 Å². The Labute approximate surface area is 96.4 Å². The molecule has 2 rings (SSSR count). The van der Waals surface area contributed by atoms with E-state index in [1.807, 2.05) is 31.6 Å². The fourth-order valence-electron chi connectivity index (χ4n) is 1.68. The maximum absolute atomic E-state index is 4.02. The van der Waals surface area contributed by atoms with Crippen molar-refractivity contribution in [3.8, 4) is 11.1 Å². The first-order valence-corrected chi connectivity index (χ1v) is 5.49. The molecule has 16 heavy (non-hydrogen) atoms. The molecule has 0 spiro atoms. The fraction of sp³-hybridized carbons (Fsp3) is 0.214. The Morgan fingerprint density at radius 1 is 0.938 bits per heavy atom. The minimum absolute atomic E-state index is 0.395. The van der Waals surface area contributed by atoms with Crippen molar-refractivity contribution in [2.75, 3.05) is 7.05 Å². The van der Waals surface area contributed by atoms with Gasteiger partial charge in [0.1, 0.15) is 0 Å². The molecular weight excluding hydrogens is 196 g/mol. The zero-order valence-electron chi connectivity index (χ0n) is 9.64. The quantitative estimate of drug-likeness (QED) is 0.846. The Bertz CT molecular complexity index is 434. The van der Waals surface area contributed by atoms with Crippen molar-refractivity contribution >= 4 is 0 Å². The molecule has 0 aliphatic heterocycles. The predicted molar refractivity (Wildman–Crippen MR) is 67.1 cm³/mol. The molecule has 0 bridgehead atoms. The molecule has 2 aromatic rings. The van der Waals surface area contributed by atoms with Gasteiger partial charge in [-0.3, -0.25) is 4.98 Å². The van der Waals surface area contributed by atoms with Crippen LogP contribution < -0.4 is 5.32 Å². The molecule has 0 amide bonds. The smallest absolute Gasteiger partial charge is 0.0289 e. The molecule has 1 atom stereocenters. The largest absolute Gasteiger partial charge is 0.313 e. The molecule has 82 valence electrons. The number of nitrogens with one attached hydrogen (secondary N) is 1. The van der Waals surface area contributed by atoms with Crippen molar-refractivity contribution in [2.24, 2.45) is 0 Å². The van der Waals surface area contributed by atoms with Crippen molar-refractivity contribution in [3.63, 3.8) is 0 Å². The Balaban J connectivity index is 2.26. The van der Waals surface area contributed by atoms with E-state index in [2.05, 4.69) is 41.5 Å². The van der Waals surface area contributed by atoms with Gasteiger partial charge in [0.15, 0.2) is 0 Å². The highest BCUT2D eigenvalue weighted by molar-refractivity contribution is 5.62. The summed E-state index contributed by atoms with van der Waals surface area (Å²) in [4.78, 5) is 4.02. The highest BCUT2D eigenvalue weighted by Crippen LogP contribution is 2.20. The summed E-state index contributed by atoms with van der Waals surface area (Å²) in [5.41, 5.74) is 3.74. The maximum atomic E-state index is 4.02. The lowest BCUT2D eigenvalue weighted by Gasteiger charge is -2.11. The van der Waals surface area contributed by atoms with E-state index in [0.717, 1.165) is 0 Å². The lowest BCUT2D eigenvalue weighted by Crippen LogP contribution is -2.11. The van der Waals surface area contributed by atoms with E-state index in [1.165, 1.54) is 16.7 Å². The van der Waals surface area contributed by atoms with E-state index in [9.17, 15) is 0 Å².